The molecule has 192 valence electrons. The van der Waals surface area contributed by atoms with Crippen molar-refractivity contribution in [1.82, 2.24) is 0 Å². The zero-order valence-electron chi connectivity index (χ0n) is 21.3. The Morgan fingerprint density at radius 1 is 0.697 bits per heavy atom. The van der Waals surface area contributed by atoms with Gasteiger partial charge in [-0.1, -0.05) is 64.0 Å². The van der Waals surface area contributed by atoms with Gasteiger partial charge in [0, 0.05) is 0 Å². The Morgan fingerprint density at radius 3 is 1.48 bits per heavy atom. The van der Waals surface area contributed by atoms with E-state index in [4.69, 9.17) is 0 Å². The summed E-state index contributed by atoms with van der Waals surface area (Å²) < 4.78 is -0.544. The zero-order valence-corrected chi connectivity index (χ0v) is 21.3. The Hall–Kier alpha value is -1.89. The number of hydrogen-bond donors (Lipinski definition) is 2. The van der Waals surface area contributed by atoms with E-state index in [0.717, 1.165) is 32.1 Å². The maximum Gasteiger partial charge on any atom is 0.362 e. The summed E-state index contributed by atoms with van der Waals surface area (Å²) in [5.74, 6) is -3.83. The average Bonchev–Trinajstić information content (AvgIpc) is 2.77. The van der Waals surface area contributed by atoms with Crippen molar-refractivity contribution in [2.24, 2.45) is 0 Å². The van der Waals surface area contributed by atoms with E-state index in [0.29, 0.717) is 6.42 Å². The lowest BCUT2D eigenvalue weighted by molar-refractivity contribution is -0.969. The van der Waals surface area contributed by atoms with Crippen LogP contribution in [-0.4, -0.2) is 57.3 Å². The summed E-state index contributed by atoms with van der Waals surface area (Å²) in [5.41, 5.74) is 0. The molecule has 0 aromatic rings. The van der Waals surface area contributed by atoms with Crippen LogP contribution in [0.3, 0.4) is 0 Å². The lowest BCUT2D eigenvalue weighted by atomic mass is 10.00. The van der Waals surface area contributed by atoms with Crippen LogP contribution in [0.25, 0.3) is 0 Å². The van der Waals surface area contributed by atoms with Crippen molar-refractivity contribution in [2.45, 2.75) is 129 Å². The number of carbonyl (C=O) groups excluding carboxylic acids is 1. The van der Waals surface area contributed by atoms with Gasteiger partial charge in [0.05, 0.1) is 12.5 Å². The second-order valence-electron chi connectivity index (χ2n) is 9.33. The van der Waals surface area contributed by atoms with Crippen LogP contribution in [-0.2, 0) is 14.4 Å². The summed E-state index contributed by atoms with van der Waals surface area (Å²) in [7, 11) is 0. The van der Waals surface area contributed by atoms with Crippen LogP contribution >= 0.6 is 0 Å². The Morgan fingerprint density at radius 2 is 1.09 bits per heavy atom. The van der Waals surface area contributed by atoms with Gasteiger partial charge in [0.1, 0.15) is 6.04 Å². The smallest absolute Gasteiger partial charge is 0.362 e. The van der Waals surface area contributed by atoms with Crippen molar-refractivity contribution in [1.29, 1.82) is 0 Å². The summed E-state index contributed by atoms with van der Waals surface area (Å²) in [4.78, 5) is 35.1. The topological polar surface area (TPSA) is 115 Å². The van der Waals surface area contributed by atoms with E-state index in [2.05, 4.69) is 19.1 Å². The lowest BCUT2D eigenvalue weighted by Crippen LogP contribution is -2.72. The lowest BCUT2D eigenvalue weighted by Gasteiger charge is -2.49. The maximum atomic E-state index is 11.7. The molecule has 0 heterocycles. The molecule has 0 radical (unpaired) electrons. The Kier molecular flexibility index (Phi) is 16.6. The number of unbranched alkanes of at least 4 members (excludes halogenated alkanes) is 11. The Labute approximate surface area is 200 Å². The predicted molar refractivity (Wildman–Crippen MR) is 129 cm³/mol. The monoisotopic (exact) mass is 469 g/mol. The molecule has 0 saturated heterocycles. The van der Waals surface area contributed by atoms with Crippen LogP contribution in [0.4, 0.5) is 0 Å². The molecule has 0 aliphatic rings. The summed E-state index contributed by atoms with van der Waals surface area (Å²) in [6.45, 7) is 6.54. The highest BCUT2D eigenvalue weighted by molar-refractivity contribution is 5.76. The van der Waals surface area contributed by atoms with Crippen LogP contribution in [0.15, 0.2) is 12.2 Å². The van der Waals surface area contributed by atoms with E-state index in [1.807, 2.05) is 0 Å². The maximum absolute atomic E-state index is 11.7. The van der Waals surface area contributed by atoms with Crippen LogP contribution in [0.2, 0.25) is 0 Å². The molecule has 2 N–H and O–H groups in total. The molecule has 0 aromatic heterocycles. The fourth-order valence-electron chi connectivity index (χ4n) is 4.65. The first-order valence-corrected chi connectivity index (χ1v) is 12.8. The highest BCUT2D eigenvalue weighted by Gasteiger charge is 2.50. The van der Waals surface area contributed by atoms with Gasteiger partial charge in [0.15, 0.2) is 12.1 Å². The number of hydrogen-bond acceptors (Lipinski definition) is 4. The third-order valence-electron chi connectivity index (χ3n) is 7.03. The van der Waals surface area contributed by atoms with Crippen molar-refractivity contribution in [3.8, 4) is 0 Å². The summed E-state index contributed by atoms with van der Waals surface area (Å²) >= 11 is 0. The minimum Gasteiger partial charge on any atom is -0.544 e. The van der Waals surface area contributed by atoms with Gasteiger partial charge in [0.25, 0.3) is 0 Å². The van der Waals surface area contributed by atoms with E-state index in [-0.39, 0.29) is 6.54 Å². The van der Waals surface area contributed by atoms with Crippen LogP contribution in [0, 0.1) is 0 Å². The normalized spacial score (nSPS) is 16.2. The van der Waals surface area contributed by atoms with Gasteiger partial charge < -0.3 is 20.1 Å². The van der Waals surface area contributed by atoms with Gasteiger partial charge in [-0.3, -0.25) is 4.48 Å². The van der Waals surface area contributed by atoms with Gasteiger partial charge in [-0.15, -0.1) is 0 Å². The molecule has 7 nitrogen and oxygen atoms in total. The van der Waals surface area contributed by atoms with E-state index in [1.165, 1.54) is 65.7 Å². The fraction of sp³-hybridized carbons (Fsp3) is 0.808. The molecule has 0 rings (SSSR count). The van der Waals surface area contributed by atoms with E-state index in [9.17, 15) is 29.7 Å². The molecular formula is C26H47NO6. The summed E-state index contributed by atoms with van der Waals surface area (Å²) in [6.07, 6.45) is 19.0. The summed E-state index contributed by atoms with van der Waals surface area (Å²) in [6, 6.07) is -3.56. The molecule has 0 aliphatic carbocycles. The molecule has 0 aromatic carbocycles. The molecule has 0 amide bonds. The molecule has 0 spiro atoms. The van der Waals surface area contributed by atoms with Gasteiger partial charge >= 0.3 is 11.9 Å². The Bertz CT molecular complexity index is 553. The zero-order chi connectivity index (χ0) is 25.3. The minimum absolute atomic E-state index is 0.180. The highest BCUT2D eigenvalue weighted by Crippen LogP contribution is 2.27. The molecule has 3 unspecified atom stereocenters. The first kappa shape index (κ1) is 31.1. The van der Waals surface area contributed by atoms with Crippen molar-refractivity contribution < 1.29 is 34.2 Å². The van der Waals surface area contributed by atoms with Crippen molar-refractivity contribution in [3.05, 3.63) is 12.2 Å². The molecule has 0 fully saturated rings. The van der Waals surface area contributed by atoms with Crippen molar-refractivity contribution in [2.75, 3.05) is 6.54 Å². The molecular weight excluding hydrogens is 422 g/mol. The third-order valence-corrected chi connectivity index (χ3v) is 7.03. The van der Waals surface area contributed by atoms with E-state index in [1.54, 1.807) is 0 Å². The Balaban J connectivity index is 4.45. The number of aliphatic carboxylic acids is 3. The molecule has 33 heavy (non-hydrogen) atoms. The molecule has 3 atom stereocenters. The molecule has 7 heteroatoms. The first-order valence-electron chi connectivity index (χ1n) is 12.8. The fourth-order valence-corrected chi connectivity index (χ4v) is 4.65. The van der Waals surface area contributed by atoms with Gasteiger partial charge in [-0.2, -0.15) is 0 Å². The largest absolute Gasteiger partial charge is 0.544 e. The first-order chi connectivity index (χ1) is 15.6. The number of nitrogens with zero attached hydrogens (tertiary/aromatic N) is 1. The van der Waals surface area contributed by atoms with Gasteiger partial charge in [-0.25, -0.2) is 9.59 Å². The molecule has 0 aliphatic heterocycles. The van der Waals surface area contributed by atoms with Gasteiger partial charge in [0.2, 0.25) is 0 Å². The van der Waals surface area contributed by atoms with Crippen LogP contribution < -0.4 is 5.11 Å². The van der Waals surface area contributed by atoms with Crippen molar-refractivity contribution >= 4 is 17.9 Å². The van der Waals surface area contributed by atoms with Crippen LogP contribution in [0.1, 0.15) is 111 Å². The molecule has 0 bridgehead atoms. The standard InChI is InChI=1S/C26H47NO6/c1-5-6-7-8-9-10-11-12-13-14-15-16-17-18-19-20-27(21(2)24(28)29,22(3)25(30)31)23(4)26(32)33/h10-11,21-23H,5-9,12-20H2,1-4H3,(H2-,28,29,30,31,32,33)/b11-10+. The number of quaternary nitrogens is 1. The number of rotatable bonds is 21. The number of carbonyl (C=O) groups is 3. The number of carboxylic acid groups (broad SMARTS) is 3. The predicted octanol–water partition coefficient (Wildman–Crippen LogP) is 4.54. The number of allylic oxidation sites excluding steroid dienone is 2. The van der Waals surface area contributed by atoms with Crippen LogP contribution in [0.5, 0.6) is 0 Å². The highest BCUT2D eigenvalue weighted by atomic mass is 16.4. The van der Waals surface area contributed by atoms with E-state index < -0.39 is 40.5 Å². The SMILES string of the molecule is CCCCCC/C=C/CCCCCCCCC[N+](C(C)C(=O)[O-])(C(C)C(=O)O)C(C)C(=O)O. The average molecular weight is 470 g/mol. The second-order valence-corrected chi connectivity index (χ2v) is 9.33. The van der Waals surface area contributed by atoms with Crippen molar-refractivity contribution in [3.63, 3.8) is 0 Å². The van der Waals surface area contributed by atoms with E-state index >= 15 is 0 Å². The quantitative estimate of drug-likeness (QED) is 0.145. The molecule has 0 saturated carbocycles. The third kappa shape index (κ3) is 11.2. The van der Waals surface area contributed by atoms with Gasteiger partial charge in [-0.05, 0) is 59.3 Å². The summed E-state index contributed by atoms with van der Waals surface area (Å²) in [5, 5.41) is 30.8. The number of carboxylic acids is 3. The second kappa shape index (κ2) is 17.6. The minimum atomic E-state index is -1.42.